The van der Waals surface area contributed by atoms with Crippen LogP contribution in [-0.4, -0.2) is 17.9 Å². The number of para-hydroxylation sites is 1. The summed E-state index contributed by atoms with van der Waals surface area (Å²) >= 11 is 0. The van der Waals surface area contributed by atoms with Crippen molar-refractivity contribution in [2.24, 2.45) is 0 Å². The molecule has 0 aliphatic heterocycles. The molecule has 0 heterocycles. The van der Waals surface area contributed by atoms with Crippen LogP contribution in [0, 0.1) is 0 Å². The fraction of sp³-hybridized carbons (Fsp3) is 0.308. The van der Waals surface area contributed by atoms with E-state index in [2.05, 4.69) is 0 Å². The van der Waals surface area contributed by atoms with Crippen LogP contribution in [0.2, 0.25) is 0 Å². The van der Waals surface area contributed by atoms with E-state index in [-0.39, 0.29) is 17.1 Å². The standard InChI is InChI=1S/C13H13O6/c1-7(13(16)17)10-5-4-6-11(18-8(2)14)12(10)19-9(3)15/h4-7H,1-3H3. The van der Waals surface area contributed by atoms with Crippen molar-refractivity contribution in [3.05, 3.63) is 23.8 Å². The Morgan fingerprint density at radius 1 is 1.05 bits per heavy atom. The molecule has 0 aromatic heterocycles. The van der Waals surface area contributed by atoms with Crippen LogP contribution < -0.4 is 9.47 Å². The second-order valence-corrected chi connectivity index (χ2v) is 3.90. The second kappa shape index (κ2) is 5.99. The topological polar surface area (TPSA) is 89.6 Å². The van der Waals surface area contributed by atoms with Gasteiger partial charge in [-0.2, -0.15) is 0 Å². The number of rotatable bonds is 4. The van der Waals surface area contributed by atoms with E-state index in [1.54, 1.807) is 0 Å². The van der Waals surface area contributed by atoms with E-state index in [4.69, 9.17) is 9.47 Å². The fourth-order valence-electron chi connectivity index (χ4n) is 1.49. The predicted molar refractivity (Wildman–Crippen MR) is 63.2 cm³/mol. The van der Waals surface area contributed by atoms with E-state index in [1.807, 2.05) is 0 Å². The van der Waals surface area contributed by atoms with Crippen molar-refractivity contribution in [1.82, 2.24) is 0 Å². The van der Waals surface area contributed by atoms with Gasteiger partial charge in [-0.1, -0.05) is 12.1 Å². The molecular formula is C13H13O6. The van der Waals surface area contributed by atoms with Gasteiger partial charge >= 0.3 is 17.9 Å². The van der Waals surface area contributed by atoms with Crippen LogP contribution in [0.25, 0.3) is 0 Å². The van der Waals surface area contributed by atoms with Gasteiger partial charge in [-0.05, 0) is 13.0 Å². The molecule has 1 rings (SSSR count). The van der Waals surface area contributed by atoms with Gasteiger partial charge in [0.05, 0.1) is 5.92 Å². The molecule has 1 aromatic rings. The molecule has 0 amide bonds. The van der Waals surface area contributed by atoms with Crippen LogP contribution in [0.15, 0.2) is 18.2 Å². The number of carbonyl (C=O) groups is 3. The summed E-state index contributed by atoms with van der Waals surface area (Å²) in [6, 6.07) is 4.37. The average molecular weight is 265 g/mol. The molecule has 1 atom stereocenters. The van der Waals surface area contributed by atoms with Crippen molar-refractivity contribution in [3.8, 4) is 11.5 Å². The van der Waals surface area contributed by atoms with E-state index < -0.39 is 23.8 Å². The van der Waals surface area contributed by atoms with Gasteiger partial charge in [-0.25, -0.2) is 9.90 Å². The van der Waals surface area contributed by atoms with E-state index >= 15 is 0 Å². The van der Waals surface area contributed by atoms with Gasteiger partial charge in [-0.15, -0.1) is 0 Å². The van der Waals surface area contributed by atoms with Gasteiger partial charge in [0.25, 0.3) is 0 Å². The number of ether oxygens (including phenoxy) is 2. The number of benzene rings is 1. The molecule has 0 aliphatic carbocycles. The number of hydrogen-bond donors (Lipinski definition) is 0. The summed E-state index contributed by atoms with van der Waals surface area (Å²) in [5, 5.41) is 10.9. The Morgan fingerprint density at radius 3 is 2.11 bits per heavy atom. The molecule has 0 saturated carbocycles. The molecule has 0 fully saturated rings. The highest BCUT2D eigenvalue weighted by atomic mass is 16.6. The third-order valence-electron chi connectivity index (χ3n) is 2.33. The Hall–Kier alpha value is -2.37. The Labute approximate surface area is 109 Å². The average Bonchev–Trinajstić information content (AvgIpc) is 2.29. The van der Waals surface area contributed by atoms with E-state index in [0.717, 1.165) is 6.92 Å². The molecule has 6 nitrogen and oxygen atoms in total. The minimum absolute atomic E-state index is 0.00620. The normalized spacial score (nSPS) is 11.5. The summed E-state index contributed by atoms with van der Waals surface area (Å²) in [5.74, 6) is -3.67. The fourth-order valence-corrected chi connectivity index (χ4v) is 1.49. The van der Waals surface area contributed by atoms with Crippen LogP contribution in [0.3, 0.4) is 0 Å². The summed E-state index contributed by atoms with van der Waals surface area (Å²) in [5.41, 5.74) is 0.203. The zero-order valence-corrected chi connectivity index (χ0v) is 10.8. The molecule has 19 heavy (non-hydrogen) atoms. The lowest BCUT2D eigenvalue weighted by molar-refractivity contribution is -0.144. The lowest BCUT2D eigenvalue weighted by atomic mass is 10.00. The van der Waals surface area contributed by atoms with Crippen LogP contribution in [0.5, 0.6) is 11.5 Å². The van der Waals surface area contributed by atoms with Crippen molar-refractivity contribution in [2.75, 3.05) is 0 Å². The third-order valence-corrected chi connectivity index (χ3v) is 2.33. The zero-order chi connectivity index (χ0) is 14.6. The zero-order valence-electron chi connectivity index (χ0n) is 10.8. The summed E-state index contributed by atoms with van der Waals surface area (Å²) in [6.07, 6.45) is 0. The van der Waals surface area contributed by atoms with Crippen molar-refractivity contribution in [2.45, 2.75) is 26.7 Å². The van der Waals surface area contributed by atoms with Gasteiger partial charge in [0.2, 0.25) is 0 Å². The molecule has 1 aromatic carbocycles. The predicted octanol–water partition coefficient (Wildman–Crippen LogP) is 1.60. The maximum Gasteiger partial charge on any atom is 0.362 e. The van der Waals surface area contributed by atoms with Crippen molar-refractivity contribution in [1.29, 1.82) is 0 Å². The van der Waals surface area contributed by atoms with Gasteiger partial charge in [0.1, 0.15) is 0 Å². The van der Waals surface area contributed by atoms with Crippen LogP contribution >= 0.6 is 0 Å². The lowest BCUT2D eigenvalue weighted by Gasteiger charge is -2.14. The first-order valence-corrected chi connectivity index (χ1v) is 5.53. The Morgan fingerprint density at radius 2 is 1.63 bits per heavy atom. The summed E-state index contributed by atoms with van der Waals surface area (Å²) in [4.78, 5) is 33.0. The number of esters is 2. The molecule has 0 saturated heterocycles. The van der Waals surface area contributed by atoms with Gasteiger partial charge in [0.15, 0.2) is 11.5 Å². The molecule has 0 bridgehead atoms. The molecule has 0 N–H and O–H groups in total. The Kier molecular flexibility index (Phi) is 4.63. The van der Waals surface area contributed by atoms with Crippen LogP contribution in [0.1, 0.15) is 32.3 Å². The summed E-state index contributed by atoms with van der Waals surface area (Å²) in [7, 11) is 0. The SMILES string of the molecule is CC(=O)Oc1cccc(C(C)C([O])=O)c1OC(C)=O. The number of carbonyl (C=O) groups excluding carboxylic acids is 3. The molecular weight excluding hydrogens is 252 g/mol. The third kappa shape index (κ3) is 3.80. The maximum absolute atomic E-state index is 11.1. The maximum atomic E-state index is 11.1. The van der Waals surface area contributed by atoms with E-state index in [9.17, 15) is 19.5 Å². The first kappa shape index (κ1) is 14.7. The largest absolute Gasteiger partial charge is 0.423 e. The van der Waals surface area contributed by atoms with E-state index in [0.29, 0.717) is 0 Å². The molecule has 6 heteroatoms. The Balaban J connectivity index is 3.32. The highest BCUT2D eigenvalue weighted by molar-refractivity contribution is 5.80. The minimum Gasteiger partial charge on any atom is -0.423 e. The summed E-state index contributed by atoms with van der Waals surface area (Å²) < 4.78 is 9.83. The Bertz CT molecular complexity index is 520. The first-order valence-electron chi connectivity index (χ1n) is 5.53. The second-order valence-electron chi connectivity index (χ2n) is 3.90. The van der Waals surface area contributed by atoms with Gasteiger partial charge in [-0.3, -0.25) is 9.59 Å². The molecule has 101 valence electrons. The molecule has 0 aliphatic rings. The molecule has 1 radical (unpaired) electrons. The monoisotopic (exact) mass is 265 g/mol. The van der Waals surface area contributed by atoms with Crippen molar-refractivity contribution in [3.63, 3.8) is 0 Å². The lowest BCUT2D eigenvalue weighted by Crippen LogP contribution is -2.13. The van der Waals surface area contributed by atoms with Crippen LogP contribution in [0.4, 0.5) is 0 Å². The first-order chi connectivity index (χ1) is 8.82. The number of hydrogen-bond acceptors (Lipinski definition) is 5. The summed E-state index contributed by atoms with van der Waals surface area (Å²) in [6.45, 7) is 3.74. The quantitative estimate of drug-likeness (QED) is 0.609. The van der Waals surface area contributed by atoms with E-state index in [1.165, 1.54) is 32.0 Å². The van der Waals surface area contributed by atoms with Crippen LogP contribution in [-0.2, 0) is 19.5 Å². The highest BCUT2D eigenvalue weighted by Gasteiger charge is 2.24. The minimum atomic E-state index is -1.33. The highest BCUT2D eigenvalue weighted by Crippen LogP contribution is 2.36. The van der Waals surface area contributed by atoms with Gasteiger partial charge in [0, 0.05) is 19.4 Å². The van der Waals surface area contributed by atoms with Crippen molar-refractivity contribution >= 4 is 17.9 Å². The smallest absolute Gasteiger partial charge is 0.362 e. The van der Waals surface area contributed by atoms with Gasteiger partial charge < -0.3 is 9.47 Å². The molecule has 0 spiro atoms. The van der Waals surface area contributed by atoms with Crippen molar-refractivity contribution < 1.29 is 29.0 Å². The molecule has 1 unspecified atom stereocenters.